The zero-order chi connectivity index (χ0) is 25.6. The molecular formula is C26H39BrN2O5S. The number of rotatable bonds is 15. The van der Waals surface area contributed by atoms with Crippen LogP contribution in [0.3, 0.4) is 0 Å². The first-order valence-electron chi connectivity index (χ1n) is 12.8. The summed E-state index contributed by atoms with van der Waals surface area (Å²) in [7, 11) is 0. The van der Waals surface area contributed by atoms with Crippen molar-refractivity contribution >= 4 is 45.5 Å². The molecule has 7 nitrogen and oxygen atoms in total. The van der Waals surface area contributed by atoms with Crippen LogP contribution in [0.2, 0.25) is 0 Å². The predicted octanol–water partition coefficient (Wildman–Crippen LogP) is 3.55. The number of hydrogen-bond acceptors (Lipinski definition) is 6. The van der Waals surface area contributed by atoms with Crippen LogP contribution in [0.5, 0.6) is 0 Å². The summed E-state index contributed by atoms with van der Waals surface area (Å²) in [5.41, 5.74) is 0. The Morgan fingerprint density at radius 1 is 1.29 bits per heavy atom. The number of esters is 1. The van der Waals surface area contributed by atoms with Gasteiger partial charge in [0.2, 0.25) is 11.8 Å². The van der Waals surface area contributed by atoms with Crippen molar-refractivity contribution in [2.75, 3.05) is 32.8 Å². The molecule has 0 aliphatic carbocycles. The first-order chi connectivity index (χ1) is 16.9. The van der Waals surface area contributed by atoms with Crippen LogP contribution in [-0.4, -0.2) is 86.4 Å². The molecule has 3 rings (SSSR count). The van der Waals surface area contributed by atoms with E-state index in [-0.39, 0.29) is 41.1 Å². The summed E-state index contributed by atoms with van der Waals surface area (Å²) < 4.78 is 4.90. The number of ether oxygens (including phenoxy) is 1. The van der Waals surface area contributed by atoms with Gasteiger partial charge in [0.15, 0.2) is 0 Å². The molecule has 3 aliphatic rings. The minimum absolute atomic E-state index is 0.0293. The van der Waals surface area contributed by atoms with Gasteiger partial charge in [-0.05, 0) is 38.5 Å². The molecule has 0 radical (unpaired) electrons. The van der Waals surface area contributed by atoms with Crippen LogP contribution in [-0.2, 0) is 19.1 Å². The van der Waals surface area contributed by atoms with E-state index in [9.17, 15) is 19.5 Å². The second-order valence-corrected chi connectivity index (χ2v) is 12.4. The maximum Gasteiger partial charge on any atom is 0.310 e. The Bertz CT molecular complexity index is 811. The Labute approximate surface area is 221 Å². The monoisotopic (exact) mass is 570 g/mol. The summed E-state index contributed by atoms with van der Waals surface area (Å²) >= 11 is 5.41. The van der Waals surface area contributed by atoms with Gasteiger partial charge in [0, 0.05) is 36.3 Å². The largest absolute Gasteiger partial charge is 0.465 e. The Morgan fingerprint density at radius 2 is 2.06 bits per heavy atom. The van der Waals surface area contributed by atoms with E-state index in [2.05, 4.69) is 36.0 Å². The third kappa shape index (κ3) is 5.52. The molecule has 1 spiro atoms. The third-order valence-electron chi connectivity index (χ3n) is 7.36. The lowest BCUT2D eigenvalue weighted by atomic mass is 9.71. The van der Waals surface area contributed by atoms with Gasteiger partial charge in [-0.15, -0.1) is 24.9 Å². The lowest BCUT2D eigenvalue weighted by molar-refractivity contribution is -0.154. The van der Waals surface area contributed by atoms with Crippen molar-refractivity contribution < 1.29 is 24.2 Å². The SMILES string of the molecule is C=CCCOC(=O)[C@H]1[C@H]2C(=O)N(CCCCCO)C(C(=O)N(CC=C)CCCC)C23CC(Br)[C@@H]1S3. The molecule has 2 amide bonds. The zero-order valence-corrected chi connectivity index (χ0v) is 23.1. The predicted molar refractivity (Wildman–Crippen MR) is 142 cm³/mol. The van der Waals surface area contributed by atoms with E-state index in [1.54, 1.807) is 28.8 Å². The van der Waals surface area contributed by atoms with E-state index in [0.29, 0.717) is 45.3 Å². The topological polar surface area (TPSA) is 87.1 Å². The second-order valence-electron chi connectivity index (χ2n) is 9.65. The number of amides is 2. The number of alkyl halides is 1. The number of fused-ring (bicyclic) bond motifs is 1. The fourth-order valence-electron chi connectivity index (χ4n) is 5.80. The van der Waals surface area contributed by atoms with Crippen molar-refractivity contribution in [3.63, 3.8) is 0 Å². The summed E-state index contributed by atoms with van der Waals surface area (Å²) in [4.78, 5) is 44.8. The zero-order valence-electron chi connectivity index (χ0n) is 20.7. The Balaban J connectivity index is 1.95. The molecule has 3 fully saturated rings. The quantitative estimate of drug-likeness (QED) is 0.140. The van der Waals surface area contributed by atoms with Gasteiger partial charge in [0.1, 0.15) is 6.04 Å². The van der Waals surface area contributed by atoms with Crippen LogP contribution < -0.4 is 0 Å². The number of carbonyl (C=O) groups excluding carboxylic acids is 3. The van der Waals surface area contributed by atoms with Crippen molar-refractivity contribution in [2.24, 2.45) is 11.8 Å². The number of aliphatic hydroxyl groups excluding tert-OH is 1. The fourth-order valence-corrected chi connectivity index (χ4v) is 9.39. The van der Waals surface area contributed by atoms with Crippen LogP contribution in [0.25, 0.3) is 0 Å². The van der Waals surface area contributed by atoms with Crippen molar-refractivity contribution in [2.45, 2.75) is 72.7 Å². The normalized spacial score (nSPS) is 30.9. The summed E-state index contributed by atoms with van der Waals surface area (Å²) in [5.74, 6) is -1.65. The Morgan fingerprint density at radius 3 is 2.71 bits per heavy atom. The Kier molecular flexibility index (Phi) is 10.3. The summed E-state index contributed by atoms with van der Waals surface area (Å²) in [6.45, 7) is 11.4. The molecule has 3 heterocycles. The molecule has 0 aromatic carbocycles. The molecule has 0 aromatic rings. The molecular weight excluding hydrogens is 532 g/mol. The molecule has 3 aliphatic heterocycles. The standard InChI is InChI=1S/C26H39BrN2O5S/c1-4-7-13-28(12-6-3)24(32)22-26-17-18(27)21(35-26)19(25(33)34-16-8-5-2)20(26)23(31)29(22)14-10-9-11-15-30/h5-6,18-22,30H,2-4,7-17H2,1H3/t18?,19-,20-,21-,22?,26?/m0/s1. The van der Waals surface area contributed by atoms with E-state index in [1.807, 2.05) is 4.90 Å². The van der Waals surface area contributed by atoms with Crippen molar-refractivity contribution in [1.82, 2.24) is 9.80 Å². The number of likely N-dealkylation sites (tertiary alicyclic amines) is 1. The van der Waals surface area contributed by atoms with E-state index < -0.39 is 22.6 Å². The molecule has 3 saturated heterocycles. The van der Waals surface area contributed by atoms with Crippen LogP contribution in [0, 0.1) is 11.8 Å². The van der Waals surface area contributed by atoms with Crippen LogP contribution in [0.15, 0.2) is 25.3 Å². The summed E-state index contributed by atoms with van der Waals surface area (Å²) in [5, 5.41) is 9.08. The van der Waals surface area contributed by atoms with Gasteiger partial charge >= 0.3 is 5.97 Å². The molecule has 0 aromatic heterocycles. The number of nitrogens with zero attached hydrogens (tertiary/aromatic N) is 2. The number of hydrogen-bond donors (Lipinski definition) is 1. The highest BCUT2D eigenvalue weighted by Crippen LogP contribution is 2.68. The molecule has 196 valence electrons. The van der Waals surface area contributed by atoms with E-state index in [4.69, 9.17) is 4.74 Å². The molecule has 0 saturated carbocycles. The summed E-state index contributed by atoms with van der Waals surface area (Å²) in [6, 6.07) is -0.619. The first kappa shape index (κ1) is 28.3. The van der Waals surface area contributed by atoms with Gasteiger partial charge in [-0.25, -0.2) is 0 Å². The maximum absolute atomic E-state index is 14.1. The van der Waals surface area contributed by atoms with Crippen molar-refractivity contribution in [3.05, 3.63) is 25.3 Å². The molecule has 9 heteroatoms. The molecule has 3 unspecified atom stereocenters. The molecule has 2 bridgehead atoms. The van der Waals surface area contributed by atoms with Gasteiger partial charge in [0.05, 0.1) is 23.2 Å². The number of unbranched alkanes of at least 4 members (excludes halogenated alkanes) is 3. The van der Waals surface area contributed by atoms with Gasteiger partial charge in [-0.1, -0.05) is 41.4 Å². The average Bonchev–Trinajstić information content (AvgIpc) is 3.42. The van der Waals surface area contributed by atoms with E-state index in [0.717, 1.165) is 19.3 Å². The Hall–Kier alpha value is -1.32. The van der Waals surface area contributed by atoms with Gasteiger partial charge in [-0.3, -0.25) is 14.4 Å². The van der Waals surface area contributed by atoms with Gasteiger partial charge < -0.3 is 19.6 Å². The smallest absolute Gasteiger partial charge is 0.310 e. The summed E-state index contributed by atoms with van der Waals surface area (Å²) in [6.07, 6.45) is 8.63. The van der Waals surface area contributed by atoms with Crippen molar-refractivity contribution in [3.8, 4) is 0 Å². The third-order valence-corrected chi connectivity index (χ3v) is 10.6. The minimum atomic E-state index is -0.655. The highest BCUT2D eigenvalue weighted by Gasteiger charge is 2.76. The van der Waals surface area contributed by atoms with Gasteiger partial charge in [-0.2, -0.15) is 0 Å². The highest BCUT2D eigenvalue weighted by atomic mass is 79.9. The minimum Gasteiger partial charge on any atom is -0.465 e. The van der Waals surface area contributed by atoms with Gasteiger partial charge in [0.25, 0.3) is 0 Å². The molecule has 1 N–H and O–H groups in total. The average molecular weight is 572 g/mol. The van der Waals surface area contributed by atoms with Crippen molar-refractivity contribution in [1.29, 1.82) is 0 Å². The number of thioether (sulfide) groups is 1. The molecule has 6 atom stereocenters. The van der Waals surface area contributed by atoms with Crippen LogP contribution in [0.4, 0.5) is 0 Å². The fraction of sp³-hybridized carbons (Fsp3) is 0.731. The highest BCUT2D eigenvalue weighted by molar-refractivity contribution is 9.09. The lowest BCUT2D eigenvalue weighted by Gasteiger charge is -2.38. The van der Waals surface area contributed by atoms with Crippen LogP contribution >= 0.6 is 27.7 Å². The molecule has 35 heavy (non-hydrogen) atoms. The number of halogens is 1. The van der Waals surface area contributed by atoms with Crippen LogP contribution in [0.1, 0.15) is 51.9 Å². The second kappa shape index (κ2) is 12.8. The van der Waals surface area contributed by atoms with E-state index >= 15 is 0 Å². The maximum atomic E-state index is 14.1. The number of aliphatic hydroxyl groups is 1. The number of carbonyl (C=O) groups is 3. The first-order valence-corrected chi connectivity index (χ1v) is 14.6. The van der Waals surface area contributed by atoms with E-state index in [1.165, 1.54) is 0 Å². The lowest BCUT2D eigenvalue weighted by Crippen LogP contribution is -2.55.